The van der Waals surface area contributed by atoms with Crippen LogP contribution in [-0.4, -0.2) is 19.6 Å². The number of halogens is 1. The smallest absolute Gasteiger partial charge is 0.308 e. The van der Waals surface area contributed by atoms with Crippen molar-refractivity contribution in [3.63, 3.8) is 0 Å². The molecule has 0 bridgehead atoms. The molecule has 0 aromatic carbocycles. The van der Waals surface area contributed by atoms with Gasteiger partial charge in [-0.25, -0.2) is 0 Å². The molecule has 2 N–H and O–H groups in total. The first-order valence-corrected chi connectivity index (χ1v) is 4.57. The maximum Gasteiger partial charge on any atom is 0.308 e. The molecule has 0 saturated heterocycles. The zero-order valence-corrected chi connectivity index (χ0v) is 8.81. The Kier molecular flexibility index (Phi) is 6.08. The Labute approximate surface area is 85.4 Å². The van der Waals surface area contributed by atoms with Crippen molar-refractivity contribution in [3.05, 3.63) is 0 Å². The van der Waals surface area contributed by atoms with Crippen molar-refractivity contribution in [2.45, 2.75) is 25.7 Å². The lowest BCUT2D eigenvalue weighted by Gasteiger charge is -2.28. The first kappa shape index (κ1) is 12.7. The van der Waals surface area contributed by atoms with Crippen molar-refractivity contribution in [2.24, 2.45) is 17.6 Å². The summed E-state index contributed by atoms with van der Waals surface area (Å²) >= 11 is 0. The summed E-state index contributed by atoms with van der Waals surface area (Å²) in [7, 11) is 1.45. The molecule has 3 nitrogen and oxygen atoms in total. The molecule has 1 rings (SSSR count). The highest BCUT2D eigenvalue weighted by molar-refractivity contribution is 5.85. The van der Waals surface area contributed by atoms with Gasteiger partial charge in [-0.2, -0.15) is 0 Å². The molecule has 0 radical (unpaired) electrons. The number of ether oxygens (including phenoxy) is 1. The van der Waals surface area contributed by atoms with Gasteiger partial charge in [0.25, 0.3) is 0 Å². The van der Waals surface area contributed by atoms with E-state index in [1.807, 2.05) is 0 Å². The maximum atomic E-state index is 11.3. The molecule has 0 heterocycles. The minimum absolute atomic E-state index is 0. The van der Waals surface area contributed by atoms with Crippen molar-refractivity contribution in [1.82, 2.24) is 0 Å². The largest absolute Gasteiger partial charge is 0.469 e. The normalized spacial score (nSPS) is 27.5. The van der Waals surface area contributed by atoms with Crippen LogP contribution in [-0.2, 0) is 9.53 Å². The highest BCUT2D eigenvalue weighted by Gasteiger charge is 2.30. The fraction of sp³-hybridized carbons (Fsp3) is 0.889. The summed E-state index contributed by atoms with van der Waals surface area (Å²) in [6.07, 6.45) is 4.37. The second kappa shape index (κ2) is 6.22. The van der Waals surface area contributed by atoms with E-state index in [2.05, 4.69) is 0 Å². The van der Waals surface area contributed by atoms with E-state index in [0.29, 0.717) is 12.5 Å². The lowest BCUT2D eigenvalue weighted by molar-refractivity contribution is -0.148. The van der Waals surface area contributed by atoms with Gasteiger partial charge in [-0.1, -0.05) is 12.8 Å². The molecule has 0 aromatic rings. The molecule has 1 aliphatic carbocycles. The highest BCUT2D eigenvalue weighted by atomic mass is 35.5. The average Bonchev–Trinajstić information content (AvgIpc) is 2.16. The minimum Gasteiger partial charge on any atom is -0.469 e. The summed E-state index contributed by atoms with van der Waals surface area (Å²) in [5, 5.41) is 0. The molecule has 78 valence electrons. The van der Waals surface area contributed by atoms with Gasteiger partial charge in [-0.05, 0) is 25.3 Å². The van der Waals surface area contributed by atoms with Crippen LogP contribution in [0.25, 0.3) is 0 Å². The number of hydrogen-bond donors (Lipinski definition) is 1. The summed E-state index contributed by atoms with van der Waals surface area (Å²) < 4.78 is 4.73. The third kappa shape index (κ3) is 3.16. The van der Waals surface area contributed by atoms with E-state index in [1.165, 1.54) is 13.5 Å². The molecule has 13 heavy (non-hydrogen) atoms. The van der Waals surface area contributed by atoms with Crippen LogP contribution in [0.3, 0.4) is 0 Å². The molecule has 0 amide bonds. The first-order chi connectivity index (χ1) is 5.79. The van der Waals surface area contributed by atoms with Crippen LogP contribution in [0.1, 0.15) is 25.7 Å². The van der Waals surface area contributed by atoms with Crippen LogP contribution in [0.15, 0.2) is 0 Å². The Morgan fingerprint density at radius 3 is 2.62 bits per heavy atom. The van der Waals surface area contributed by atoms with Crippen LogP contribution in [0.4, 0.5) is 0 Å². The Balaban J connectivity index is 0.00000144. The SMILES string of the molecule is COC(=O)C1CCCCC1CN.Cl. The van der Waals surface area contributed by atoms with Crippen LogP contribution in [0.5, 0.6) is 0 Å². The van der Waals surface area contributed by atoms with Gasteiger partial charge in [0, 0.05) is 0 Å². The molecule has 0 aliphatic heterocycles. The number of methoxy groups -OCH3 is 1. The standard InChI is InChI=1S/C9H17NO2.ClH/c1-12-9(11)8-5-3-2-4-7(8)6-10;/h7-8H,2-6,10H2,1H3;1H. The molecule has 1 fully saturated rings. The molecule has 1 aliphatic rings. The Morgan fingerprint density at radius 2 is 2.08 bits per heavy atom. The van der Waals surface area contributed by atoms with Crippen molar-refractivity contribution < 1.29 is 9.53 Å². The van der Waals surface area contributed by atoms with Gasteiger partial charge < -0.3 is 10.5 Å². The number of hydrogen-bond acceptors (Lipinski definition) is 3. The number of rotatable bonds is 2. The lowest BCUT2D eigenvalue weighted by atomic mass is 9.79. The van der Waals surface area contributed by atoms with Crippen LogP contribution < -0.4 is 5.73 Å². The van der Waals surface area contributed by atoms with Gasteiger partial charge >= 0.3 is 5.97 Å². The van der Waals surface area contributed by atoms with Gasteiger partial charge in [-0.15, -0.1) is 12.4 Å². The molecule has 4 heteroatoms. The Morgan fingerprint density at radius 1 is 1.46 bits per heavy atom. The van der Waals surface area contributed by atoms with Crippen LogP contribution >= 0.6 is 12.4 Å². The summed E-state index contributed by atoms with van der Waals surface area (Å²) in [5.41, 5.74) is 5.58. The third-order valence-electron chi connectivity index (χ3n) is 2.72. The van der Waals surface area contributed by atoms with Crippen molar-refractivity contribution in [1.29, 1.82) is 0 Å². The molecule has 0 spiro atoms. The summed E-state index contributed by atoms with van der Waals surface area (Å²) in [6.45, 7) is 0.611. The van der Waals surface area contributed by atoms with Crippen molar-refractivity contribution >= 4 is 18.4 Å². The fourth-order valence-electron chi connectivity index (χ4n) is 1.95. The van der Waals surface area contributed by atoms with Crippen LogP contribution in [0.2, 0.25) is 0 Å². The average molecular weight is 208 g/mol. The fourth-order valence-corrected chi connectivity index (χ4v) is 1.95. The lowest BCUT2D eigenvalue weighted by Crippen LogP contribution is -2.32. The van der Waals surface area contributed by atoms with E-state index in [1.54, 1.807) is 0 Å². The number of carbonyl (C=O) groups is 1. The quantitative estimate of drug-likeness (QED) is 0.696. The number of esters is 1. The number of carbonyl (C=O) groups excluding carboxylic acids is 1. The predicted octanol–water partition coefficient (Wildman–Crippen LogP) is 1.35. The minimum atomic E-state index is -0.0786. The Hall–Kier alpha value is -0.280. The summed E-state index contributed by atoms with van der Waals surface area (Å²) in [5.74, 6) is 0.338. The van der Waals surface area contributed by atoms with Crippen LogP contribution in [0, 0.1) is 11.8 Å². The van der Waals surface area contributed by atoms with Gasteiger partial charge in [0.05, 0.1) is 13.0 Å². The summed E-state index contributed by atoms with van der Waals surface area (Å²) in [6, 6.07) is 0. The van der Waals surface area contributed by atoms with E-state index >= 15 is 0 Å². The molecule has 1 saturated carbocycles. The van der Waals surface area contributed by atoms with E-state index < -0.39 is 0 Å². The van der Waals surface area contributed by atoms with Gasteiger partial charge in [-0.3, -0.25) is 4.79 Å². The number of nitrogens with two attached hydrogens (primary N) is 1. The molecule has 2 atom stereocenters. The molecule has 2 unspecified atom stereocenters. The second-order valence-corrected chi connectivity index (χ2v) is 3.41. The second-order valence-electron chi connectivity index (χ2n) is 3.41. The molecular weight excluding hydrogens is 190 g/mol. The van der Waals surface area contributed by atoms with Gasteiger partial charge in [0.2, 0.25) is 0 Å². The molecular formula is C9H18ClNO2. The Bertz CT molecular complexity index is 164. The zero-order chi connectivity index (χ0) is 8.97. The van der Waals surface area contributed by atoms with E-state index in [9.17, 15) is 4.79 Å². The van der Waals surface area contributed by atoms with Gasteiger partial charge in [0.1, 0.15) is 0 Å². The summed E-state index contributed by atoms with van der Waals surface area (Å²) in [4.78, 5) is 11.3. The highest BCUT2D eigenvalue weighted by Crippen LogP contribution is 2.29. The van der Waals surface area contributed by atoms with E-state index in [4.69, 9.17) is 10.5 Å². The van der Waals surface area contributed by atoms with Crippen molar-refractivity contribution in [2.75, 3.05) is 13.7 Å². The zero-order valence-electron chi connectivity index (χ0n) is 7.99. The van der Waals surface area contributed by atoms with Gasteiger partial charge in [0.15, 0.2) is 0 Å². The monoisotopic (exact) mass is 207 g/mol. The third-order valence-corrected chi connectivity index (χ3v) is 2.72. The van der Waals surface area contributed by atoms with E-state index in [-0.39, 0.29) is 24.3 Å². The maximum absolute atomic E-state index is 11.3. The first-order valence-electron chi connectivity index (χ1n) is 4.57. The van der Waals surface area contributed by atoms with Crippen molar-refractivity contribution in [3.8, 4) is 0 Å². The predicted molar refractivity (Wildman–Crippen MR) is 53.8 cm³/mol. The van der Waals surface area contributed by atoms with E-state index in [0.717, 1.165) is 19.3 Å². The molecule has 0 aromatic heterocycles. The topological polar surface area (TPSA) is 52.3 Å².